The zero-order valence-electron chi connectivity index (χ0n) is 11.9. The van der Waals surface area contributed by atoms with Gasteiger partial charge in [0.1, 0.15) is 5.52 Å². The summed E-state index contributed by atoms with van der Waals surface area (Å²) >= 11 is 0. The second-order valence-electron chi connectivity index (χ2n) is 5.29. The number of aliphatic carboxylic acids is 1. The quantitative estimate of drug-likeness (QED) is 0.905. The molecule has 112 valence electrons. The molecule has 0 aliphatic carbocycles. The Labute approximate surface area is 123 Å². The van der Waals surface area contributed by atoms with Crippen LogP contribution in [0.1, 0.15) is 12.8 Å². The SMILES string of the molecule is O=C(O)CCCN1CCN(c2nc3ccccc3o2)CC1. The van der Waals surface area contributed by atoms with Gasteiger partial charge >= 0.3 is 5.97 Å². The minimum Gasteiger partial charge on any atom is -0.481 e. The third-order valence-corrected chi connectivity index (χ3v) is 3.79. The summed E-state index contributed by atoms with van der Waals surface area (Å²) in [5.74, 6) is -0.722. The summed E-state index contributed by atoms with van der Waals surface area (Å²) in [4.78, 5) is 19.5. The molecule has 1 saturated heterocycles. The summed E-state index contributed by atoms with van der Waals surface area (Å²) in [6, 6.07) is 8.45. The number of nitrogens with zero attached hydrogens (tertiary/aromatic N) is 3. The zero-order chi connectivity index (χ0) is 14.7. The largest absolute Gasteiger partial charge is 0.481 e. The van der Waals surface area contributed by atoms with Crippen LogP contribution in [0.2, 0.25) is 0 Å². The predicted octanol–water partition coefficient (Wildman–Crippen LogP) is 1.81. The average Bonchev–Trinajstić information content (AvgIpc) is 2.91. The normalized spacial score (nSPS) is 16.5. The van der Waals surface area contributed by atoms with Crippen molar-refractivity contribution in [1.82, 2.24) is 9.88 Å². The Morgan fingerprint density at radius 1 is 1.24 bits per heavy atom. The Balaban J connectivity index is 1.54. The van der Waals surface area contributed by atoms with E-state index in [1.54, 1.807) is 0 Å². The van der Waals surface area contributed by atoms with Crippen LogP contribution < -0.4 is 4.90 Å². The van der Waals surface area contributed by atoms with Gasteiger partial charge in [0.2, 0.25) is 0 Å². The van der Waals surface area contributed by atoms with Crippen LogP contribution in [0.3, 0.4) is 0 Å². The number of carboxylic acids is 1. The Kier molecular flexibility index (Phi) is 4.06. The first-order valence-electron chi connectivity index (χ1n) is 7.27. The maximum atomic E-state index is 10.5. The smallest absolute Gasteiger partial charge is 0.303 e. The molecular weight excluding hydrogens is 270 g/mol. The van der Waals surface area contributed by atoms with E-state index in [1.165, 1.54) is 0 Å². The van der Waals surface area contributed by atoms with Gasteiger partial charge in [0.25, 0.3) is 6.01 Å². The molecule has 1 aromatic heterocycles. The lowest BCUT2D eigenvalue weighted by atomic mass is 10.2. The molecule has 1 N–H and O–H groups in total. The highest BCUT2D eigenvalue weighted by atomic mass is 16.4. The van der Waals surface area contributed by atoms with Gasteiger partial charge in [-0.25, -0.2) is 0 Å². The molecule has 1 aliphatic rings. The number of hydrogen-bond acceptors (Lipinski definition) is 5. The van der Waals surface area contributed by atoms with E-state index in [2.05, 4.69) is 14.8 Å². The number of rotatable bonds is 5. The molecule has 0 spiro atoms. The molecule has 1 fully saturated rings. The van der Waals surface area contributed by atoms with Gasteiger partial charge in [-0.05, 0) is 25.1 Å². The lowest BCUT2D eigenvalue weighted by Gasteiger charge is -2.33. The van der Waals surface area contributed by atoms with Crippen molar-refractivity contribution >= 4 is 23.1 Å². The first-order chi connectivity index (χ1) is 10.2. The molecule has 0 atom stereocenters. The fraction of sp³-hybridized carbons (Fsp3) is 0.467. The molecule has 6 nitrogen and oxygen atoms in total. The first-order valence-corrected chi connectivity index (χ1v) is 7.27. The molecule has 21 heavy (non-hydrogen) atoms. The molecule has 1 aliphatic heterocycles. The van der Waals surface area contributed by atoms with Crippen LogP contribution in [0.4, 0.5) is 6.01 Å². The molecule has 0 amide bonds. The van der Waals surface area contributed by atoms with Crippen LogP contribution in [-0.2, 0) is 4.79 Å². The van der Waals surface area contributed by atoms with Crippen LogP contribution in [0, 0.1) is 0 Å². The van der Waals surface area contributed by atoms with Gasteiger partial charge in [0.15, 0.2) is 5.58 Å². The highest BCUT2D eigenvalue weighted by Crippen LogP contribution is 2.22. The van der Waals surface area contributed by atoms with Crippen LogP contribution >= 0.6 is 0 Å². The number of benzene rings is 1. The summed E-state index contributed by atoms with van der Waals surface area (Å²) < 4.78 is 5.77. The van der Waals surface area contributed by atoms with E-state index in [4.69, 9.17) is 9.52 Å². The third-order valence-electron chi connectivity index (χ3n) is 3.79. The van der Waals surface area contributed by atoms with E-state index in [-0.39, 0.29) is 6.42 Å². The third kappa shape index (κ3) is 3.33. The topological polar surface area (TPSA) is 69.8 Å². The van der Waals surface area contributed by atoms with E-state index < -0.39 is 5.97 Å². The Hall–Kier alpha value is -2.08. The molecule has 0 bridgehead atoms. The van der Waals surface area contributed by atoms with Crippen molar-refractivity contribution in [3.63, 3.8) is 0 Å². The van der Waals surface area contributed by atoms with Crippen LogP contribution in [0.5, 0.6) is 0 Å². The number of oxazole rings is 1. The second kappa shape index (κ2) is 6.13. The fourth-order valence-corrected chi connectivity index (χ4v) is 2.61. The number of piperazine rings is 1. The molecule has 0 unspecified atom stereocenters. The van der Waals surface area contributed by atoms with E-state index in [0.717, 1.165) is 43.8 Å². The zero-order valence-corrected chi connectivity index (χ0v) is 11.9. The number of hydrogen-bond donors (Lipinski definition) is 1. The summed E-state index contributed by atoms with van der Waals surface area (Å²) in [6.07, 6.45) is 0.948. The number of fused-ring (bicyclic) bond motifs is 1. The number of anilines is 1. The minimum atomic E-state index is -0.722. The first kappa shape index (κ1) is 13.9. The lowest BCUT2D eigenvalue weighted by Crippen LogP contribution is -2.46. The minimum absolute atomic E-state index is 0.241. The van der Waals surface area contributed by atoms with Crippen LogP contribution in [0.25, 0.3) is 11.1 Å². The van der Waals surface area contributed by atoms with Crippen molar-refractivity contribution in [1.29, 1.82) is 0 Å². The number of carbonyl (C=O) groups is 1. The van der Waals surface area contributed by atoms with Gasteiger partial charge in [-0.1, -0.05) is 12.1 Å². The molecular formula is C15H19N3O3. The van der Waals surface area contributed by atoms with Crippen molar-refractivity contribution in [3.05, 3.63) is 24.3 Å². The van der Waals surface area contributed by atoms with E-state index in [0.29, 0.717) is 12.4 Å². The molecule has 0 radical (unpaired) electrons. The predicted molar refractivity (Wildman–Crippen MR) is 79.5 cm³/mol. The highest BCUT2D eigenvalue weighted by Gasteiger charge is 2.20. The molecule has 6 heteroatoms. The van der Waals surface area contributed by atoms with Gasteiger partial charge in [-0.15, -0.1) is 0 Å². The maximum Gasteiger partial charge on any atom is 0.303 e. The van der Waals surface area contributed by atoms with Crippen molar-refractivity contribution < 1.29 is 14.3 Å². The van der Waals surface area contributed by atoms with Crippen molar-refractivity contribution in [3.8, 4) is 0 Å². The lowest BCUT2D eigenvalue weighted by molar-refractivity contribution is -0.137. The second-order valence-corrected chi connectivity index (χ2v) is 5.29. The van der Waals surface area contributed by atoms with Gasteiger partial charge in [-0.3, -0.25) is 9.69 Å². The Morgan fingerprint density at radius 3 is 2.71 bits per heavy atom. The summed E-state index contributed by atoms with van der Waals surface area (Å²) in [5, 5.41) is 8.66. The van der Waals surface area contributed by atoms with E-state index in [9.17, 15) is 4.79 Å². The average molecular weight is 289 g/mol. The Morgan fingerprint density at radius 2 is 2.00 bits per heavy atom. The van der Waals surface area contributed by atoms with Gasteiger partial charge in [-0.2, -0.15) is 4.98 Å². The summed E-state index contributed by atoms with van der Waals surface area (Å²) in [5.41, 5.74) is 1.70. The molecule has 0 saturated carbocycles. The van der Waals surface area contributed by atoms with E-state index >= 15 is 0 Å². The molecule has 2 aromatic rings. The molecule has 2 heterocycles. The van der Waals surface area contributed by atoms with Crippen LogP contribution in [-0.4, -0.2) is 53.7 Å². The van der Waals surface area contributed by atoms with Crippen molar-refractivity contribution in [2.75, 3.05) is 37.6 Å². The molecule has 3 rings (SSSR count). The van der Waals surface area contributed by atoms with Crippen molar-refractivity contribution in [2.24, 2.45) is 0 Å². The van der Waals surface area contributed by atoms with Crippen molar-refractivity contribution in [2.45, 2.75) is 12.8 Å². The molecule has 1 aromatic carbocycles. The monoisotopic (exact) mass is 289 g/mol. The van der Waals surface area contributed by atoms with E-state index in [1.807, 2.05) is 24.3 Å². The van der Waals surface area contributed by atoms with Gasteiger partial charge < -0.3 is 14.4 Å². The summed E-state index contributed by atoms with van der Waals surface area (Å²) in [6.45, 7) is 4.39. The number of carboxylic acid groups (broad SMARTS) is 1. The number of para-hydroxylation sites is 2. The maximum absolute atomic E-state index is 10.5. The highest BCUT2D eigenvalue weighted by molar-refractivity contribution is 5.74. The van der Waals surface area contributed by atoms with Gasteiger partial charge in [0.05, 0.1) is 0 Å². The fourth-order valence-electron chi connectivity index (χ4n) is 2.61. The van der Waals surface area contributed by atoms with Crippen LogP contribution in [0.15, 0.2) is 28.7 Å². The number of aromatic nitrogens is 1. The standard InChI is InChI=1S/C15H19N3O3/c19-14(20)6-3-7-17-8-10-18(11-9-17)15-16-12-4-1-2-5-13(12)21-15/h1-2,4-5H,3,6-11H2,(H,19,20). The Bertz CT molecular complexity index is 584. The van der Waals surface area contributed by atoms with Gasteiger partial charge in [0, 0.05) is 32.6 Å². The summed E-state index contributed by atoms with van der Waals surface area (Å²) in [7, 11) is 0.